The normalized spacial score (nSPS) is 33.3. The summed E-state index contributed by atoms with van der Waals surface area (Å²) in [4.78, 5) is 37.0. The van der Waals surface area contributed by atoms with Crippen LogP contribution in [0.4, 0.5) is 4.79 Å². The fourth-order valence-electron chi connectivity index (χ4n) is 7.25. The summed E-state index contributed by atoms with van der Waals surface area (Å²) in [6.07, 6.45) is 4.35. The molecule has 2 aromatic carbocycles. The topological polar surface area (TPSA) is 136 Å². The molecule has 232 valence electrons. The van der Waals surface area contributed by atoms with Crippen molar-refractivity contribution in [3.63, 3.8) is 0 Å². The van der Waals surface area contributed by atoms with E-state index >= 15 is 0 Å². The molecule has 6 aliphatic rings. The quantitative estimate of drug-likeness (QED) is 0.234. The zero-order chi connectivity index (χ0) is 30.7. The van der Waals surface area contributed by atoms with Gasteiger partial charge >= 0.3 is 6.03 Å². The van der Waals surface area contributed by atoms with Crippen molar-refractivity contribution in [2.45, 2.75) is 60.8 Å². The first-order chi connectivity index (χ1) is 21.1. The van der Waals surface area contributed by atoms with Gasteiger partial charge in [-0.3, -0.25) is 14.9 Å². The minimum absolute atomic E-state index is 0.120. The molecule has 2 aromatic rings. The molecule has 0 bridgehead atoms. The van der Waals surface area contributed by atoms with E-state index in [1.807, 2.05) is 36.4 Å². The van der Waals surface area contributed by atoms with Crippen molar-refractivity contribution in [1.29, 1.82) is 0 Å². The van der Waals surface area contributed by atoms with Crippen LogP contribution in [0.5, 0.6) is 11.5 Å². The van der Waals surface area contributed by atoms with Crippen LogP contribution in [0.1, 0.15) is 49.7 Å². The van der Waals surface area contributed by atoms with Crippen molar-refractivity contribution < 1.29 is 33.3 Å². The molecule has 0 aromatic heterocycles. The number of carbonyl (C=O) groups excluding carboxylic acids is 3. The monoisotopic (exact) mass is 748 g/mol. The lowest BCUT2D eigenvalue weighted by molar-refractivity contribution is -0.134. The molecule has 4 saturated heterocycles. The predicted octanol–water partition coefficient (Wildman–Crippen LogP) is 3.80. The summed E-state index contributed by atoms with van der Waals surface area (Å²) in [5.74, 6) is 0.889. The Bertz CT molecular complexity index is 1460. The molecule has 0 radical (unpaired) electrons. The van der Waals surface area contributed by atoms with Gasteiger partial charge in [0.15, 0.2) is 16.2 Å². The number of amides is 4. The van der Waals surface area contributed by atoms with E-state index in [1.54, 1.807) is 0 Å². The Morgan fingerprint density at radius 1 is 0.705 bits per heavy atom. The van der Waals surface area contributed by atoms with Crippen molar-refractivity contribution >= 4 is 67.0 Å². The van der Waals surface area contributed by atoms with Gasteiger partial charge < -0.3 is 34.9 Å². The van der Waals surface area contributed by atoms with Crippen molar-refractivity contribution in [3.8, 4) is 11.5 Å². The zero-order valence-electron chi connectivity index (χ0n) is 23.6. The summed E-state index contributed by atoms with van der Waals surface area (Å²) in [5, 5.41) is 11.5. The van der Waals surface area contributed by atoms with Gasteiger partial charge in [0.2, 0.25) is 0 Å². The van der Waals surface area contributed by atoms with E-state index in [0.29, 0.717) is 54.8 Å². The maximum atomic E-state index is 12.7. The van der Waals surface area contributed by atoms with E-state index in [2.05, 4.69) is 53.1 Å². The average Bonchev–Trinajstić information content (AvgIpc) is 3.43. The van der Waals surface area contributed by atoms with Gasteiger partial charge in [0.25, 0.3) is 11.8 Å². The first kappa shape index (κ1) is 29.9. The highest BCUT2D eigenvalue weighted by atomic mass is 79.9. The molecule has 0 saturated carbocycles. The highest BCUT2D eigenvalue weighted by Crippen LogP contribution is 2.50. The number of imide groups is 1. The Labute approximate surface area is 275 Å². The van der Waals surface area contributed by atoms with Crippen LogP contribution in [0, 0.1) is 0 Å². The standard InChI is InChI=1S/C15H15BrN2O4.C15H15BrN2O3S/c16-9-2-3-11-10(6-9)15(12(19)17-13(20)18-15)7-14(22-11)4-1-5-21-8-14;16-9-2-3-11-10(6-9)15(12(19)17-13(22)18-15)7-14(21-11)4-1-5-20-8-14/h2-3,6H,1,4-5,7-8H2,(H2,17,18,19,20);2-3,6H,1,4-5,7-8H2,(H2,17,18,19,22). The van der Waals surface area contributed by atoms with Gasteiger partial charge in [-0.15, -0.1) is 0 Å². The summed E-state index contributed by atoms with van der Waals surface area (Å²) in [6, 6.07) is 10.8. The highest BCUT2D eigenvalue weighted by Gasteiger charge is 2.59. The largest absolute Gasteiger partial charge is 0.484 e. The molecule has 4 N–H and O–H groups in total. The van der Waals surface area contributed by atoms with Crippen molar-refractivity contribution in [2.24, 2.45) is 0 Å². The summed E-state index contributed by atoms with van der Waals surface area (Å²) in [6.45, 7) is 2.35. The number of rotatable bonds is 0. The van der Waals surface area contributed by atoms with Gasteiger partial charge in [-0.2, -0.15) is 0 Å². The van der Waals surface area contributed by atoms with Gasteiger partial charge in [-0.05, 0) is 74.3 Å². The fourth-order valence-corrected chi connectivity index (χ4v) is 8.24. The smallest absolute Gasteiger partial charge is 0.322 e. The van der Waals surface area contributed by atoms with Crippen molar-refractivity contribution in [1.82, 2.24) is 21.3 Å². The Kier molecular flexibility index (Phi) is 7.43. The van der Waals surface area contributed by atoms with E-state index in [4.69, 9.17) is 31.2 Å². The number of halogens is 2. The van der Waals surface area contributed by atoms with E-state index in [0.717, 1.165) is 46.8 Å². The molecule has 4 atom stereocenters. The van der Waals surface area contributed by atoms with Gasteiger partial charge in [0.05, 0.1) is 13.2 Å². The fraction of sp³-hybridized carbons (Fsp3) is 0.467. The van der Waals surface area contributed by atoms with Gasteiger partial charge in [-0.25, -0.2) is 4.79 Å². The van der Waals surface area contributed by atoms with Gasteiger partial charge in [-0.1, -0.05) is 31.9 Å². The number of hydrogen-bond donors (Lipinski definition) is 4. The Morgan fingerprint density at radius 2 is 1.20 bits per heavy atom. The summed E-state index contributed by atoms with van der Waals surface area (Å²) < 4.78 is 25.4. The molecule has 8 rings (SSSR count). The van der Waals surface area contributed by atoms with Crippen LogP contribution in [-0.2, 0) is 30.1 Å². The minimum atomic E-state index is -1.09. The molecule has 6 heterocycles. The Balaban J connectivity index is 0.000000142. The highest BCUT2D eigenvalue weighted by molar-refractivity contribution is 9.10. The molecular weight excluding hydrogens is 720 g/mol. The maximum absolute atomic E-state index is 12.7. The number of ether oxygens (including phenoxy) is 4. The van der Waals surface area contributed by atoms with Gasteiger partial charge in [0.1, 0.15) is 22.7 Å². The van der Waals surface area contributed by atoms with Crippen LogP contribution >= 0.6 is 44.1 Å². The maximum Gasteiger partial charge on any atom is 0.322 e. The molecule has 44 heavy (non-hydrogen) atoms. The van der Waals surface area contributed by atoms with Crippen LogP contribution in [0.15, 0.2) is 45.3 Å². The van der Waals surface area contributed by atoms with Crippen LogP contribution < -0.4 is 30.7 Å². The molecular formula is C30H30Br2N4O7S. The molecule has 11 nitrogen and oxygen atoms in total. The molecule has 4 unspecified atom stereocenters. The lowest BCUT2D eigenvalue weighted by Gasteiger charge is -2.47. The second kappa shape index (κ2) is 10.9. The third-order valence-corrected chi connectivity index (χ3v) is 10.3. The predicted molar refractivity (Wildman–Crippen MR) is 168 cm³/mol. The van der Waals surface area contributed by atoms with Crippen molar-refractivity contribution in [2.75, 3.05) is 26.4 Å². The lowest BCUT2D eigenvalue weighted by atomic mass is 9.74. The molecule has 4 fully saturated rings. The third-order valence-electron chi connectivity index (χ3n) is 9.09. The average molecular weight is 750 g/mol. The number of benzene rings is 2. The zero-order valence-corrected chi connectivity index (χ0v) is 27.5. The van der Waals surface area contributed by atoms with Crippen LogP contribution in [-0.4, -0.2) is 60.6 Å². The van der Waals surface area contributed by atoms with Crippen LogP contribution in [0.25, 0.3) is 0 Å². The van der Waals surface area contributed by atoms with Gasteiger partial charge in [0, 0.05) is 46.1 Å². The second-order valence-corrected chi connectivity index (χ2v) is 14.4. The Hall–Kier alpha value is -2.78. The number of nitrogens with one attached hydrogen (secondary N) is 4. The third kappa shape index (κ3) is 4.98. The first-order valence-corrected chi connectivity index (χ1v) is 16.5. The molecule has 6 aliphatic heterocycles. The number of urea groups is 1. The van der Waals surface area contributed by atoms with Crippen LogP contribution in [0.3, 0.4) is 0 Å². The van der Waals surface area contributed by atoms with E-state index in [-0.39, 0.29) is 11.8 Å². The van der Waals surface area contributed by atoms with Crippen LogP contribution in [0.2, 0.25) is 0 Å². The number of thiocarbonyl (C=S) groups is 1. The lowest BCUT2D eigenvalue weighted by Crippen LogP contribution is -2.58. The number of hydrogen-bond acceptors (Lipinski definition) is 8. The summed E-state index contributed by atoms with van der Waals surface area (Å²) in [5.41, 5.74) is -1.53. The molecule has 4 spiro atoms. The SMILES string of the molecule is O=C1NC(=O)C2(CC3(CCCOC3)Oc3ccc(Br)cc32)N1.O=C1NC(=S)NC12CC1(CCCOC1)Oc1ccc(Br)cc12. The number of carbonyl (C=O) groups is 3. The minimum Gasteiger partial charge on any atom is -0.484 e. The number of fused-ring (bicyclic) bond motifs is 4. The summed E-state index contributed by atoms with van der Waals surface area (Å²) >= 11 is 12.1. The van der Waals surface area contributed by atoms with E-state index in [1.165, 1.54) is 0 Å². The molecule has 14 heteroatoms. The van der Waals surface area contributed by atoms with E-state index < -0.39 is 28.3 Å². The Morgan fingerprint density at radius 3 is 1.61 bits per heavy atom. The molecule has 0 aliphatic carbocycles. The van der Waals surface area contributed by atoms with Crippen molar-refractivity contribution in [3.05, 3.63) is 56.5 Å². The van der Waals surface area contributed by atoms with E-state index in [9.17, 15) is 14.4 Å². The molecule has 4 amide bonds. The summed E-state index contributed by atoms with van der Waals surface area (Å²) in [7, 11) is 0. The first-order valence-electron chi connectivity index (χ1n) is 14.5. The second-order valence-electron chi connectivity index (χ2n) is 12.1.